The molecule has 1 rings (SSSR count). The molecule has 1 unspecified atom stereocenters. The molecule has 12 nitrogen and oxygen atoms in total. The maximum absolute atomic E-state index is 12.8. The van der Waals surface area contributed by atoms with Crippen LogP contribution in [0, 0.1) is 11.8 Å². The number of phosphoric ester groups is 1. The van der Waals surface area contributed by atoms with E-state index >= 15 is 0 Å². The number of unbranched alkanes of at least 4 members (excludes halogenated alkanes) is 14. The Hall–Kier alpha value is -2.18. The number of nitrogens with zero attached hydrogens (tertiary/aromatic N) is 1. The van der Waals surface area contributed by atoms with Gasteiger partial charge in [-0.05, 0) is 57.8 Å². The van der Waals surface area contributed by atoms with Gasteiger partial charge in [0.05, 0.1) is 40.0 Å². The first-order chi connectivity index (χ1) is 28.2. The van der Waals surface area contributed by atoms with Crippen molar-refractivity contribution in [2.75, 3.05) is 47.5 Å². The molecule has 1 saturated carbocycles. The average molecular weight is 856 g/mol. The summed E-state index contributed by atoms with van der Waals surface area (Å²) in [5.74, 6) is -1.80. The number of aliphatic hydroxyl groups excluding tert-OH is 2. The molecule has 0 aliphatic heterocycles. The van der Waals surface area contributed by atoms with Gasteiger partial charge in [-0.15, -0.1) is 0 Å². The van der Waals surface area contributed by atoms with Crippen LogP contribution in [0.2, 0.25) is 0 Å². The number of ether oxygens (including phenoxy) is 2. The first-order valence-corrected chi connectivity index (χ1v) is 24.3. The van der Waals surface area contributed by atoms with E-state index in [0.29, 0.717) is 43.1 Å². The topological polar surface area (TPSA) is 169 Å². The molecule has 6 atom stereocenters. The SMILES string of the molecule is CCCCCC/C=C\CCCCCCCCCC(=O)OC[C@H](COP(=O)([O-])OCC[N+](C)(C)C)OC(=O)CCC/C=C\C[C@H]1[C@@H](O)CC(=O)[C@@H]1/C=C/[C@@H](O)CCCCC. The maximum Gasteiger partial charge on any atom is 0.306 e. The summed E-state index contributed by atoms with van der Waals surface area (Å²) in [6.45, 7) is 3.79. The second-order valence-corrected chi connectivity index (χ2v) is 18.6. The molecule has 13 heteroatoms. The second-order valence-electron chi connectivity index (χ2n) is 17.2. The third-order valence-electron chi connectivity index (χ3n) is 10.5. The molecule has 0 heterocycles. The fourth-order valence-electron chi connectivity index (χ4n) is 6.81. The number of aliphatic hydroxyl groups is 2. The summed E-state index contributed by atoms with van der Waals surface area (Å²) in [6, 6.07) is 0. The fourth-order valence-corrected chi connectivity index (χ4v) is 7.53. The van der Waals surface area contributed by atoms with Crippen molar-refractivity contribution >= 4 is 25.5 Å². The van der Waals surface area contributed by atoms with Gasteiger partial charge in [0.1, 0.15) is 25.5 Å². The molecule has 2 N–H and O–H groups in total. The lowest BCUT2D eigenvalue weighted by Gasteiger charge is -2.28. The molecule has 1 aliphatic carbocycles. The van der Waals surface area contributed by atoms with E-state index in [9.17, 15) is 34.1 Å². The number of allylic oxidation sites excluding steroid dienone is 5. The van der Waals surface area contributed by atoms with E-state index in [0.717, 1.165) is 44.9 Å². The Morgan fingerprint density at radius 2 is 1.37 bits per heavy atom. The summed E-state index contributed by atoms with van der Waals surface area (Å²) in [7, 11) is 0.998. The second kappa shape index (κ2) is 33.4. The lowest BCUT2D eigenvalue weighted by Crippen LogP contribution is -2.37. The number of Topliss-reactive ketones (excluding diaryl/α,β-unsaturated/α-hetero) is 1. The first-order valence-electron chi connectivity index (χ1n) is 22.8. The highest BCUT2D eigenvalue weighted by molar-refractivity contribution is 7.45. The van der Waals surface area contributed by atoms with Crippen LogP contribution >= 0.6 is 7.82 Å². The van der Waals surface area contributed by atoms with Crippen molar-refractivity contribution in [3.63, 3.8) is 0 Å². The Bertz CT molecular complexity index is 1260. The van der Waals surface area contributed by atoms with E-state index in [2.05, 4.69) is 26.0 Å². The molecule has 1 fully saturated rings. The van der Waals surface area contributed by atoms with E-state index in [-0.39, 0.29) is 44.2 Å². The van der Waals surface area contributed by atoms with Crippen LogP contribution in [-0.2, 0) is 37.5 Å². The quantitative estimate of drug-likeness (QED) is 0.0201. The normalized spacial score (nSPS) is 19.5. The summed E-state index contributed by atoms with van der Waals surface area (Å²) < 4.78 is 33.8. The zero-order valence-corrected chi connectivity index (χ0v) is 38.3. The van der Waals surface area contributed by atoms with E-state index < -0.39 is 50.6 Å². The van der Waals surface area contributed by atoms with Gasteiger partial charge >= 0.3 is 11.9 Å². The molecule has 1 aliphatic rings. The van der Waals surface area contributed by atoms with Crippen molar-refractivity contribution in [2.24, 2.45) is 11.8 Å². The largest absolute Gasteiger partial charge is 0.756 e. The molecule has 0 aromatic rings. The number of carbonyl (C=O) groups excluding carboxylic acids is 3. The van der Waals surface area contributed by atoms with Gasteiger partial charge in [-0.2, -0.15) is 0 Å². The van der Waals surface area contributed by atoms with Gasteiger partial charge in [-0.3, -0.25) is 18.9 Å². The molecule has 59 heavy (non-hydrogen) atoms. The number of rotatable bonds is 37. The number of phosphoric acid groups is 1. The molecule has 0 aromatic heterocycles. The summed E-state index contributed by atoms with van der Waals surface area (Å²) in [5, 5.41) is 20.8. The van der Waals surface area contributed by atoms with Crippen LogP contribution in [0.4, 0.5) is 0 Å². The lowest BCUT2D eigenvalue weighted by atomic mass is 9.90. The number of hydrogen-bond donors (Lipinski definition) is 2. The van der Waals surface area contributed by atoms with Crippen LogP contribution in [-0.4, -0.2) is 98.2 Å². The number of likely N-dealkylation sites (N-methyl/N-ethyl adjacent to an activating group) is 1. The van der Waals surface area contributed by atoms with E-state index in [1.54, 1.807) is 12.2 Å². The van der Waals surface area contributed by atoms with Crippen molar-refractivity contribution in [3.8, 4) is 0 Å². The van der Waals surface area contributed by atoms with Crippen LogP contribution in [0.15, 0.2) is 36.5 Å². The van der Waals surface area contributed by atoms with Crippen molar-refractivity contribution in [2.45, 2.75) is 180 Å². The molecule has 0 saturated heterocycles. The zero-order chi connectivity index (χ0) is 43.8. The summed E-state index contributed by atoms with van der Waals surface area (Å²) in [6.07, 6.45) is 29.6. The Labute approximate surface area is 357 Å². The third kappa shape index (κ3) is 30.5. The summed E-state index contributed by atoms with van der Waals surface area (Å²) in [5.41, 5.74) is 0. The highest BCUT2D eigenvalue weighted by Crippen LogP contribution is 2.38. The maximum atomic E-state index is 12.8. The monoisotopic (exact) mass is 856 g/mol. The molecule has 342 valence electrons. The van der Waals surface area contributed by atoms with Gasteiger partial charge in [-0.1, -0.05) is 121 Å². The van der Waals surface area contributed by atoms with Crippen molar-refractivity contribution in [1.29, 1.82) is 0 Å². The molecule has 0 aromatic carbocycles. The Balaban J connectivity index is 2.51. The Morgan fingerprint density at radius 1 is 0.797 bits per heavy atom. The zero-order valence-electron chi connectivity index (χ0n) is 37.4. The molecule has 0 amide bonds. The van der Waals surface area contributed by atoms with Crippen LogP contribution in [0.1, 0.15) is 162 Å². The molecular weight excluding hydrogens is 773 g/mol. The smallest absolute Gasteiger partial charge is 0.306 e. The summed E-state index contributed by atoms with van der Waals surface area (Å²) in [4.78, 5) is 50.3. The van der Waals surface area contributed by atoms with Gasteiger partial charge in [-0.25, -0.2) is 0 Å². The predicted octanol–water partition coefficient (Wildman–Crippen LogP) is 8.87. The number of ketones is 1. The van der Waals surface area contributed by atoms with Crippen LogP contribution in [0.3, 0.4) is 0 Å². The number of esters is 2. The van der Waals surface area contributed by atoms with Gasteiger partial charge in [0.15, 0.2) is 6.10 Å². The predicted molar refractivity (Wildman–Crippen MR) is 232 cm³/mol. The van der Waals surface area contributed by atoms with Crippen LogP contribution < -0.4 is 4.89 Å². The number of hydrogen-bond acceptors (Lipinski definition) is 11. The Kier molecular flexibility index (Phi) is 31.1. The van der Waals surface area contributed by atoms with Crippen molar-refractivity contribution < 1.29 is 57.1 Å². The van der Waals surface area contributed by atoms with Gasteiger partial charge in [0.25, 0.3) is 7.82 Å². The minimum absolute atomic E-state index is 0.0332. The highest BCUT2D eigenvalue weighted by Gasteiger charge is 2.39. The van der Waals surface area contributed by atoms with Crippen LogP contribution in [0.25, 0.3) is 0 Å². The molecular formula is C46H82NO11P. The minimum Gasteiger partial charge on any atom is -0.756 e. The number of carbonyl (C=O) groups is 3. The van der Waals surface area contributed by atoms with E-state index in [1.165, 1.54) is 51.4 Å². The van der Waals surface area contributed by atoms with Gasteiger partial charge in [0, 0.05) is 31.1 Å². The average Bonchev–Trinajstić information content (AvgIpc) is 3.44. The minimum atomic E-state index is -4.70. The molecule has 0 bridgehead atoms. The third-order valence-corrected chi connectivity index (χ3v) is 11.5. The van der Waals surface area contributed by atoms with Gasteiger partial charge < -0.3 is 38.1 Å². The van der Waals surface area contributed by atoms with Crippen LogP contribution in [0.5, 0.6) is 0 Å². The van der Waals surface area contributed by atoms with E-state index in [1.807, 2.05) is 33.3 Å². The van der Waals surface area contributed by atoms with E-state index in [4.69, 9.17) is 18.5 Å². The lowest BCUT2D eigenvalue weighted by molar-refractivity contribution is -0.870. The highest BCUT2D eigenvalue weighted by atomic mass is 31.2. The number of quaternary nitrogens is 1. The Morgan fingerprint density at radius 3 is 2.03 bits per heavy atom. The van der Waals surface area contributed by atoms with Gasteiger partial charge in [0.2, 0.25) is 0 Å². The van der Waals surface area contributed by atoms with Crippen molar-refractivity contribution in [1.82, 2.24) is 0 Å². The summed E-state index contributed by atoms with van der Waals surface area (Å²) >= 11 is 0. The molecule has 0 spiro atoms. The van der Waals surface area contributed by atoms with Crippen molar-refractivity contribution in [3.05, 3.63) is 36.5 Å². The fraction of sp³-hybridized carbons (Fsp3) is 0.804. The molecule has 0 radical (unpaired) electrons. The first kappa shape index (κ1) is 54.8. The standard InChI is InChI=1S/C46H82NO11P/c1-6-8-10-11-12-13-14-15-16-17-18-19-20-21-26-30-45(51)55-37-40(38-57-59(53,54)56-35-34-47(3,4)5)58-46(52)31-27-23-22-25-29-41-42(44(50)36-43(41)49)33-32-39(48)28-24-9-7-2/h13-14,22,25,32-33,39-43,48-49H,6-12,15-21,23-24,26-31,34-38H2,1-5H3/b14-13-,25-22-,33-32+/t39-,40+,41+,42+,43-/m0/s1.